The maximum Gasteiger partial charge on any atom is -0.0181 e. The van der Waals surface area contributed by atoms with Gasteiger partial charge in [-0.05, 0) is 59.4 Å². The second-order valence-corrected chi connectivity index (χ2v) is 6.87. The molecule has 0 saturated carbocycles. The van der Waals surface area contributed by atoms with Crippen LogP contribution in [-0.4, -0.2) is 0 Å². The highest BCUT2D eigenvalue weighted by Gasteiger charge is 2.01. The molecule has 0 heterocycles. The molecular formula is C24H22. The molecule has 0 bridgehead atoms. The van der Waals surface area contributed by atoms with E-state index in [1.165, 1.54) is 43.8 Å². The van der Waals surface area contributed by atoms with Gasteiger partial charge in [-0.1, -0.05) is 83.9 Å². The Morgan fingerprint density at radius 3 is 1.29 bits per heavy atom. The lowest BCUT2D eigenvalue weighted by Gasteiger charge is -2.07. The van der Waals surface area contributed by atoms with Crippen LogP contribution < -0.4 is 0 Å². The molecule has 0 N–H and O–H groups in total. The first-order chi connectivity index (χ1) is 11.7. The Bertz CT molecular complexity index is 939. The van der Waals surface area contributed by atoms with Gasteiger partial charge in [0.2, 0.25) is 0 Å². The molecule has 0 atom stereocenters. The summed E-state index contributed by atoms with van der Waals surface area (Å²) in [5.41, 5.74) is 5.47. The number of hydrogen-bond donors (Lipinski definition) is 0. The molecule has 0 radical (unpaired) electrons. The van der Waals surface area contributed by atoms with E-state index in [0.29, 0.717) is 0 Å². The average molecular weight is 310 g/mol. The molecule has 4 aromatic rings. The van der Waals surface area contributed by atoms with Gasteiger partial charge in [0, 0.05) is 0 Å². The minimum atomic E-state index is 1.08. The highest BCUT2D eigenvalue weighted by molar-refractivity contribution is 5.84. The van der Waals surface area contributed by atoms with Crippen LogP contribution >= 0.6 is 0 Å². The Morgan fingerprint density at radius 1 is 0.458 bits per heavy atom. The minimum absolute atomic E-state index is 1.08. The fourth-order valence-corrected chi connectivity index (χ4v) is 3.43. The monoisotopic (exact) mass is 310 g/mol. The largest absolute Gasteiger partial charge is 0.0587 e. The summed E-state index contributed by atoms with van der Waals surface area (Å²) in [5.74, 6) is 0. The molecule has 0 saturated heterocycles. The van der Waals surface area contributed by atoms with Crippen LogP contribution in [0.25, 0.3) is 21.5 Å². The third kappa shape index (κ3) is 3.05. The van der Waals surface area contributed by atoms with Gasteiger partial charge in [-0.15, -0.1) is 0 Å². The van der Waals surface area contributed by atoms with E-state index in [9.17, 15) is 0 Å². The molecular weight excluding hydrogens is 288 g/mol. The van der Waals surface area contributed by atoms with Crippen molar-refractivity contribution in [2.75, 3.05) is 0 Å². The van der Waals surface area contributed by atoms with Gasteiger partial charge >= 0.3 is 0 Å². The van der Waals surface area contributed by atoms with Crippen molar-refractivity contribution in [2.45, 2.75) is 26.7 Å². The summed E-state index contributed by atoms with van der Waals surface area (Å²) < 4.78 is 0. The molecule has 0 aliphatic rings. The predicted molar refractivity (Wildman–Crippen MR) is 105 cm³/mol. The molecule has 4 rings (SSSR count). The molecule has 0 spiro atoms. The molecule has 4 aromatic carbocycles. The summed E-state index contributed by atoms with van der Waals surface area (Å²) in [6.45, 7) is 4.29. The second kappa shape index (κ2) is 6.13. The molecule has 24 heavy (non-hydrogen) atoms. The van der Waals surface area contributed by atoms with E-state index in [0.717, 1.165) is 12.8 Å². The van der Waals surface area contributed by atoms with Crippen molar-refractivity contribution in [1.82, 2.24) is 0 Å². The van der Waals surface area contributed by atoms with E-state index in [1.807, 2.05) is 0 Å². The van der Waals surface area contributed by atoms with Crippen LogP contribution in [0.5, 0.6) is 0 Å². The standard InChI is InChI=1S/C24H22/c1-17-3-9-23-15-19(7-11-21(23)13-17)5-6-20-8-12-22-14-18(2)4-10-24(22)16-20/h3-4,7-16H,5-6H2,1-2H3. The van der Waals surface area contributed by atoms with Gasteiger partial charge in [0.1, 0.15) is 0 Å². The Kier molecular flexibility index (Phi) is 3.82. The van der Waals surface area contributed by atoms with Crippen LogP contribution in [0, 0.1) is 13.8 Å². The van der Waals surface area contributed by atoms with Crippen molar-refractivity contribution >= 4 is 21.5 Å². The van der Waals surface area contributed by atoms with E-state index in [4.69, 9.17) is 0 Å². The smallest absolute Gasteiger partial charge is 0.0181 e. The van der Waals surface area contributed by atoms with Gasteiger partial charge in [-0.25, -0.2) is 0 Å². The third-order valence-electron chi connectivity index (χ3n) is 4.82. The second-order valence-electron chi connectivity index (χ2n) is 6.87. The van der Waals surface area contributed by atoms with E-state index < -0.39 is 0 Å². The zero-order valence-electron chi connectivity index (χ0n) is 14.3. The highest BCUT2D eigenvalue weighted by atomic mass is 14.1. The summed E-state index contributed by atoms with van der Waals surface area (Å²) >= 11 is 0. The lowest BCUT2D eigenvalue weighted by atomic mass is 9.98. The SMILES string of the molecule is Cc1ccc2cc(CCc3ccc4cc(C)ccc4c3)ccc2c1. The van der Waals surface area contributed by atoms with Crippen LogP contribution in [0.2, 0.25) is 0 Å². The fraction of sp³-hybridized carbons (Fsp3) is 0.167. The number of hydrogen-bond acceptors (Lipinski definition) is 0. The van der Waals surface area contributed by atoms with Gasteiger partial charge in [0.05, 0.1) is 0 Å². The van der Waals surface area contributed by atoms with Crippen LogP contribution in [0.1, 0.15) is 22.3 Å². The van der Waals surface area contributed by atoms with E-state index in [2.05, 4.69) is 86.6 Å². The van der Waals surface area contributed by atoms with Crippen molar-refractivity contribution in [1.29, 1.82) is 0 Å². The molecule has 0 aromatic heterocycles. The zero-order chi connectivity index (χ0) is 16.5. The highest BCUT2D eigenvalue weighted by Crippen LogP contribution is 2.21. The van der Waals surface area contributed by atoms with Crippen LogP contribution in [0.15, 0.2) is 72.8 Å². The molecule has 0 unspecified atom stereocenters. The number of benzene rings is 4. The van der Waals surface area contributed by atoms with Gasteiger partial charge < -0.3 is 0 Å². The lowest BCUT2D eigenvalue weighted by Crippen LogP contribution is -1.92. The van der Waals surface area contributed by atoms with Crippen molar-refractivity contribution < 1.29 is 0 Å². The van der Waals surface area contributed by atoms with Gasteiger partial charge in [0.15, 0.2) is 0 Å². The van der Waals surface area contributed by atoms with Crippen LogP contribution in [-0.2, 0) is 12.8 Å². The number of rotatable bonds is 3. The molecule has 0 fully saturated rings. The first kappa shape index (κ1) is 15.0. The third-order valence-corrected chi connectivity index (χ3v) is 4.82. The molecule has 0 aliphatic carbocycles. The summed E-state index contributed by atoms with van der Waals surface area (Å²) in [5, 5.41) is 5.35. The Morgan fingerprint density at radius 2 is 0.833 bits per heavy atom. The molecule has 0 amide bonds. The summed E-state index contributed by atoms with van der Waals surface area (Å²) in [7, 11) is 0. The van der Waals surface area contributed by atoms with E-state index in [1.54, 1.807) is 0 Å². The first-order valence-corrected chi connectivity index (χ1v) is 8.66. The molecule has 0 aliphatic heterocycles. The van der Waals surface area contributed by atoms with E-state index in [-0.39, 0.29) is 0 Å². The summed E-state index contributed by atoms with van der Waals surface area (Å²) in [6.07, 6.45) is 2.17. The Hall–Kier alpha value is -2.60. The van der Waals surface area contributed by atoms with Gasteiger partial charge in [-0.3, -0.25) is 0 Å². The number of aryl methyl sites for hydroxylation is 4. The predicted octanol–water partition coefficient (Wildman–Crippen LogP) is 6.40. The number of fused-ring (bicyclic) bond motifs is 2. The van der Waals surface area contributed by atoms with Crippen molar-refractivity contribution in [2.24, 2.45) is 0 Å². The van der Waals surface area contributed by atoms with E-state index >= 15 is 0 Å². The fourth-order valence-electron chi connectivity index (χ4n) is 3.43. The van der Waals surface area contributed by atoms with Crippen molar-refractivity contribution in [3.63, 3.8) is 0 Å². The van der Waals surface area contributed by atoms with Crippen LogP contribution in [0.3, 0.4) is 0 Å². The summed E-state index contributed by atoms with van der Waals surface area (Å²) in [6, 6.07) is 27.1. The Balaban J connectivity index is 1.56. The average Bonchev–Trinajstić information content (AvgIpc) is 2.60. The topological polar surface area (TPSA) is 0 Å². The quantitative estimate of drug-likeness (QED) is 0.411. The molecule has 0 nitrogen and oxygen atoms in total. The lowest BCUT2D eigenvalue weighted by molar-refractivity contribution is 0.964. The van der Waals surface area contributed by atoms with Crippen LogP contribution in [0.4, 0.5) is 0 Å². The van der Waals surface area contributed by atoms with Gasteiger partial charge in [-0.2, -0.15) is 0 Å². The van der Waals surface area contributed by atoms with Gasteiger partial charge in [0.25, 0.3) is 0 Å². The Labute approximate surface area is 143 Å². The molecule has 0 heteroatoms. The zero-order valence-corrected chi connectivity index (χ0v) is 14.3. The normalized spacial score (nSPS) is 11.2. The maximum atomic E-state index is 2.33. The first-order valence-electron chi connectivity index (χ1n) is 8.66. The van der Waals surface area contributed by atoms with Crippen molar-refractivity contribution in [3.05, 3.63) is 95.1 Å². The summed E-state index contributed by atoms with van der Waals surface area (Å²) in [4.78, 5) is 0. The van der Waals surface area contributed by atoms with Crippen molar-refractivity contribution in [3.8, 4) is 0 Å². The minimum Gasteiger partial charge on any atom is -0.0587 e. The molecule has 118 valence electrons. The maximum absolute atomic E-state index is 2.33.